The minimum atomic E-state index is -0.215. The number of nitrogens with one attached hydrogen (secondary N) is 5. The summed E-state index contributed by atoms with van der Waals surface area (Å²) in [5.74, 6) is 0.547. The number of carbonyl (C=O) groups excluding carboxylic acids is 1. The number of rotatable bonds is 5. The summed E-state index contributed by atoms with van der Waals surface area (Å²) in [5.41, 5.74) is 2.73. The Bertz CT molecular complexity index is 923. The quantitative estimate of drug-likeness (QED) is 0.521. The molecule has 1 aliphatic heterocycles. The first-order chi connectivity index (χ1) is 12.4. The molecule has 26 heavy (non-hydrogen) atoms. The molecule has 0 bridgehead atoms. The van der Waals surface area contributed by atoms with E-state index in [-0.39, 0.29) is 23.7 Å². The van der Waals surface area contributed by atoms with Gasteiger partial charge < -0.3 is 20.9 Å². The van der Waals surface area contributed by atoms with Crippen LogP contribution in [0.4, 0.5) is 0 Å². The first kappa shape index (κ1) is 17.7. The fourth-order valence-corrected chi connectivity index (χ4v) is 2.76. The Balaban J connectivity index is 2.00. The van der Waals surface area contributed by atoms with Gasteiger partial charge >= 0.3 is 0 Å². The van der Waals surface area contributed by atoms with Crippen LogP contribution in [0.3, 0.4) is 0 Å². The summed E-state index contributed by atoms with van der Waals surface area (Å²) >= 11 is 0. The number of dihydropyridines is 1. The Morgan fingerprint density at radius 3 is 2.85 bits per heavy atom. The zero-order valence-corrected chi connectivity index (χ0v) is 15.3. The van der Waals surface area contributed by atoms with Gasteiger partial charge in [-0.3, -0.25) is 10.2 Å². The van der Waals surface area contributed by atoms with Crippen LogP contribution in [0.25, 0.3) is 11.2 Å². The molecular formula is C18H23N7O. The van der Waals surface area contributed by atoms with E-state index in [0.717, 1.165) is 5.82 Å². The first-order valence-electron chi connectivity index (χ1n) is 8.51. The Hall–Kier alpha value is -3.16. The SMILES string of the molecule is CNC1=C(C(=N)c2cnc3[nH]cc(C(=O)NC(C)C)c3n2)C=CC(C)N1. The van der Waals surface area contributed by atoms with Crippen molar-refractivity contribution in [2.24, 2.45) is 0 Å². The van der Waals surface area contributed by atoms with E-state index in [4.69, 9.17) is 5.41 Å². The van der Waals surface area contributed by atoms with Gasteiger partial charge in [0.25, 0.3) is 5.91 Å². The Labute approximate surface area is 151 Å². The molecule has 0 aromatic carbocycles. The molecule has 8 heteroatoms. The van der Waals surface area contributed by atoms with Crippen LogP contribution < -0.4 is 16.0 Å². The van der Waals surface area contributed by atoms with Crippen LogP contribution in [-0.2, 0) is 0 Å². The second-order valence-corrected chi connectivity index (χ2v) is 6.49. The average molecular weight is 353 g/mol. The Morgan fingerprint density at radius 2 is 2.15 bits per heavy atom. The van der Waals surface area contributed by atoms with Crippen molar-refractivity contribution in [3.05, 3.63) is 47.2 Å². The van der Waals surface area contributed by atoms with Crippen LogP contribution in [-0.4, -0.2) is 45.7 Å². The number of aromatic amines is 1. The van der Waals surface area contributed by atoms with E-state index in [0.29, 0.717) is 28.0 Å². The second kappa shape index (κ2) is 6.99. The number of amides is 1. The third kappa shape index (κ3) is 3.30. The van der Waals surface area contributed by atoms with Gasteiger partial charge in [-0.25, -0.2) is 9.97 Å². The maximum Gasteiger partial charge on any atom is 0.255 e. The predicted molar refractivity (Wildman–Crippen MR) is 101 cm³/mol. The lowest BCUT2D eigenvalue weighted by Crippen LogP contribution is -2.35. The molecule has 2 aromatic rings. The lowest BCUT2D eigenvalue weighted by atomic mass is 10.0. The molecule has 2 aromatic heterocycles. The summed E-state index contributed by atoms with van der Waals surface area (Å²) in [6, 6.07) is 0.198. The summed E-state index contributed by atoms with van der Waals surface area (Å²) in [5, 5.41) is 17.7. The highest BCUT2D eigenvalue weighted by Crippen LogP contribution is 2.18. The number of aromatic nitrogens is 3. The summed E-state index contributed by atoms with van der Waals surface area (Å²) < 4.78 is 0. The number of H-pyrrole nitrogens is 1. The van der Waals surface area contributed by atoms with Crippen LogP contribution in [0.5, 0.6) is 0 Å². The van der Waals surface area contributed by atoms with Crippen LogP contribution in [0.15, 0.2) is 35.9 Å². The zero-order chi connectivity index (χ0) is 18.8. The monoisotopic (exact) mass is 353 g/mol. The molecule has 0 saturated carbocycles. The molecule has 1 unspecified atom stereocenters. The number of allylic oxidation sites excluding steroid dienone is 2. The number of hydrogen-bond acceptors (Lipinski definition) is 6. The van der Waals surface area contributed by atoms with Gasteiger partial charge in [0.2, 0.25) is 0 Å². The Kier molecular flexibility index (Phi) is 4.75. The van der Waals surface area contributed by atoms with Gasteiger partial charge in [-0.1, -0.05) is 12.2 Å². The zero-order valence-electron chi connectivity index (χ0n) is 15.3. The van der Waals surface area contributed by atoms with Crippen molar-refractivity contribution in [2.45, 2.75) is 32.9 Å². The number of hydrogen-bond donors (Lipinski definition) is 5. The standard InChI is InChI=1S/C18H23N7O/c1-9(2)23-18(26)12-7-21-17-15(12)25-13(8-22-17)14(19)11-6-5-10(3)24-16(11)20-4/h5-10,19-20,24H,1-4H3,(H,21,22)(H,23,26). The molecule has 136 valence electrons. The third-order valence-corrected chi connectivity index (χ3v) is 4.01. The fraction of sp³-hybridized carbons (Fsp3) is 0.333. The lowest BCUT2D eigenvalue weighted by Gasteiger charge is -2.22. The van der Waals surface area contributed by atoms with Crippen LogP contribution in [0.1, 0.15) is 36.8 Å². The summed E-state index contributed by atoms with van der Waals surface area (Å²) in [4.78, 5) is 24.2. The third-order valence-electron chi connectivity index (χ3n) is 4.01. The predicted octanol–water partition coefficient (Wildman–Crippen LogP) is 1.44. The van der Waals surface area contributed by atoms with Gasteiger partial charge in [0.1, 0.15) is 17.0 Å². The van der Waals surface area contributed by atoms with E-state index in [2.05, 4.69) is 30.9 Å². The summed E-state index contributed by atoms with van der Waals surface area (Å²) in [7, 11) is 1.80. The molecule has 5 N–H and O–H groups in total. The highest BCUT2D eigenvalue weighted by molar-refractivity contribution is 6.13. The number of nitrogens with zero attached hydrogens (tertiary/aromatic N) is 2. The minimum absolute atomic E-state index is 0.0191. The van der Waals surface area contributed by atoms with Gasteiger partial charge in [0.05, 0.1) is 17.5 Å². The van der Waals surface area contributed by atoms with Gasteiger partial charge in [-0.2, -0.15) is 0 Å². The van der Waals surface area contributed by atoms with Gasteiger partial charge in [0.15, 0.2) is 5.65 Å². The van der Waals surface area contributed by atoms with E-state index in [1.165, 1.54) is 6.20 Å². The molecule has 0 radical (unpaired) electrons. The van der Waals surface area contributed by atoms with Crippen molar-refractivity contribution in [1.82, 2.24) is 30.9 Å². The van der Waals surface area contributed by atoms with Crippen molar-refractivity contribution in [2.75, 3.05) is 7.05 Å². The van der Waals surface area contributed by atoms with E-state index >= 15 is 0 Å². The van der Waals surface area contributed by atoms with Crippen molar-refractivity contribution in [3.8, 4) is 0 Å². The molecular weight excluding hydrogens is 330 g/mol. The van der Waals surface area contributed by atoms with E-state index < -0.39 is 0 Å². The molecule has 3 rings (SSSR count). The molecule has 1 aliphatic rings. The van der Waals surface area contributed by atoms with Gasteiger partial charge in [-0.05, 0) is 20.8 Å². The minimum Gasteiger partial charge on any atom is -0.374 e. The van der Waals surface area contributed by atoms with Crippen LogP contribution >= 0.6 is 0 Å². The number of carbonyl (C=O) groups is 1. The Morgan fingerprint density at radius 1 is 1.38 bits per heavy atom. The molecule has 0 saturated heterocycles. The van der Waals surface area contributed by atoms with Crippen molar-refractivity contribution < 1.29 is 4.79 Å². The molecule has 1 atom stereocenters. The van der Waals surface area contributed by atoms with Crippen LogP contribution in [0, 0.1) is 5.41 Å². The van der Waals surface area contributed by atoms with Gasteiger partial charge in [0, 0.05) is 30.9 Å². The van der Waals surface area contributed by atoms with E-state index in [9.17, 15) is 4.79 Å². The molecule has 8 nitrogen and oxygen atoms in total. The largest absolute Gasteiger partial charge is 0.374 e. The molecule has 1 amide bonds. The highest BCUT2D eigenvalue weighted by Gasteiger charge is 2.20. The van der Waals surface area contributed by atoms with Crippen molar-refractivity contribution >= 4 is 22.8 Å². The van der Waals surface area contributed by atoms with Crippen molar-refractivity contribution in [3.63, 3.8) is 0 Å². The smallest absolute Gasteiger partial charge is 0.255 e. The van der Waals surface area contributed by atoms with E-state index in [1.807, 2.05) is 32.9 Å². The number of fused-ring (bicyclic) bond motifs is 1. The molecule has 3 heterocycles. The fourth-order valence-electron chi connectivity index (χ4n) is 2.76. The summed E-state index contributed by atoms with van der Waals surface area (Å²) in [6.45, 7) is 5.82. The second-order valence-electron chi connectivity index (χ2n) is 6.49. The maximum absolute atomic E-state index is 12.4. The average Bonchev–Trinajstić information content (AvgIpc) is 3.03. The first-order valence-corrected chi connectivity index (χ1v) is 8.51. The van der Waals surface area contributed by atoms with Crippen molar-refractivity contribution in [1.29, 1.82) is 5.41 Å². The van der Waals surface area contributed by atoms with E-state index in [1.54, 1.807) is 13.2 Å². The lowest BCUT2D eigenvalue weighted by molar-refractivity contribution is 0.0944. The topological polar surface area (TPSA) is 119 Å². The van der Waals surface area contributed by atoms with Gasteiger partial charge in [-0.15, -0.1) is 0 Å². The summed E-state index contributed by atoms with van der Waals surface area (Å²) in [6.07, 6.45) is 7.01. The highest BCUT2D eigenvalue weighted by atomic mass is 16.1. The molecule has 0 aliphatic carbocycles. The maximum atomic E-state index is 12.4. The normalized spacial score (nSPS) is 16.7. The molecule has 0 spiro atoms. The molecule has 0 fully saturated rings. The van der Waals surface area contributed by atoms with Crippen LogP contribution in [0.2, 0.25) is 0 Å².